The van der Waals surface area contributed by atoms with Crippen LogP contribution in [0.2, 0.25) is 0 Å². The Hall–Kier alpha value is -0.340. The van der Waals surface area contributed by atoms with E-state index in [4.69, 9.17) is 10.5 Å². The Morgan fingerprint density at radius 3 is 2.88 bits per heavy atom. The second-order valence-corrected chi connectivity index (χ2v) is 1.74. The Labute approximate surface area is 50.3 Å². The molecule has 0 saturated carbocycles. The fourth-order valence-electron chi connectivity index (χ4n) is 0.496. The monoisotopic (exact) mass is 115 g/mol. The highest BCUT2D eigenvalue weighted by Gasteiger charge is 1.94. The summed E-state index contributed by atoms with van der Waals surface area (Å²) in [7, 11) is 1.64. The fraction of sp³-hybridized carbons (Fsp3) is 0.667. The minimum absolute atomic E-state index is 0.123. The summed E-state index contributed by atoms with van der Waals surface area (Å²) in [5.74, 6) is 0. The number of hydrogen-bond donors (Lipinski definition) is 1. The molecule has 2 heteroatoms. The van der Waals surface area contributed by atoms with Crippen LogP contribution in [0.1, 0.15) is 6.42 Å². The molecule has 0 aliphatic rings. The lowest BCUT2D eigenvalue weighted by Crippen LogP contribution is -2.24. The molecule has 0 saturated heterocycles. The van der Waals surface area contributed by atoms with E-state index in [-0.39, 0.29) is 6.04 Å². The van der Waals surface area contributed by atoms with Gasteiger partial charge in [0.1, 0.15) is 0 Å². The predicted octanol–water partition coefficient (Wildman–Crippen LogP) is 0.536. The molecule has 0 aromatic carbocycles. The van der Waals surface area contributed by atoms with Crippen LogP contribution in [0.15, 0.2) is 12.7 Å². The first-order valence-corrected chi connectivity index (χ1v) is 2.66. The minimum atomic E-state index is 0.123. The summed E-state index contributed by atoms with van der Waals surface area (Å²) >= 11 is 0. The van der Waals surface area contributed by atoms with Gasteiger partial charge >= 0.3 is 0 Å². The van der Waals surface area contributed by atoms with Gasteiger partial charge in [-0.05, 0) is 6.42 Å². The Balaban J connectivity index is 3.03. The molecule has 2 nitrogen and oxygen atoms in total. The van der Waals surface area contributed by atoms with E-state index in [1.165, 1.54) is 0 Å². The average Bonchev–Trinajstić information content (AvgIpc) is 1.68. The molecule has 0 heterocycles. The molecular formula is C6H13NO. The highest BCUT2D eigenvalue weighted by molar-refractivity contribution is 4.74. The highest BCUT2D eigenvalue weighted by Crippen LogP contribution is 1.86. The summed E-state index contributed by atoms with van der Waals surface area (Å²) in [6.07, 6.45) is 2.62. The summed E-state index contributed by atoms with van der Waals surface area (Å²) in [5.41, 5.74) is 5.50. The van der Waals surface area contributed by atoms with Crippen LogP contribution in [0.25, 0.3) is 0 Å². The van der Waals surface area contributed by atoms with Gasteiger partial charge in [0.25, 0.3) is 0 Å². The van der Waals surface area contributed by atoms with Crippen LogP contribution in [0, 0.1) is 0 Å². The van der Waals surface area contributed by atoms with Gasteiger partial charge in [-0.3, -0.25) is 0 Å². The fourth-order valence-corrected chi connectivity index (χ4v) is 0.496. The van der Waals surface area contributed by atoms with Crippen molar-refractivity contribution >= 4 is 0 Å². The van der Waals surface area contributed by atoms with E-state index >= 15 is 0 Å². The lowest BCUT2D eigenvalue weighted by atomic mass is 10.2. The molecule has 0 aliphatic carbocycles. The maximum absolute atomic E-state index is 5.50. The molecular weight excluding hydrogens is 102 g/mol. The summed E-state index contributed by atoms with van der Waals surface area (Å²) in [4.78, 5) is 0. The third-order valence-corrected chi connectivity index (χ3v) is 0.850. The van der Waals surface area contributed by atoms with E-state index in [0.717, 1.165) is 6.42 Å². The molecule has 2 N–H and O–H groups in total. The zero-order valence-electron chi connectivity index (χ0n) is 5.26. The summed E-state index contributed by atoms with van der Waals surface area (Å²) in [6.45, 7) is 4.16. The molecule has 0 spiro atoms. The van der Waals surface area contributed by atoms with Crippen molar-refractivity contribution in [3.8, 4) is 0 Å². The van der Waals surface area contributed by atoms with Crippen molar-refractivity contribution in [2.24, 2.45) is 5.73 Å². The molecule has 0 radical (unpaired) electrons. The number of ether oxygens (including phenoxy) is 1. The van der Waals surface area contributed by atoms with Crippen LogP contribution >= 0.6 is 0 Å². The standard InChI is InChI=1S/C6H13NO/c1-3-4-6(7)5-8-2/h3,6H,1,4-5,7H2,2H3/t6-/m0/s1. The number of methoxy groups -OCH3 is 1. The molecule has 0 amide bonds. The predicted molar refractivity (Wildman–Crippen MR) is 34.7 cm³/mol. The second kappa shape index (κ2) is 4.81. The van der Waals surface area contributed by atoms with E-state index < -0.39 is 0 Å². The molecule has 1 atom stereocenters. The van der Waals surface area contributed by atoms with Crippen molar-refractivity contribution in [3.63, 3.8) is 0 Å². The summed E-state index contributed by atoms with van der Waals surface area (Å²) < 4.78 is 4.78. The van der Waals surface area contributed by atoms with Crippen LogP contribution in [-0.2, 0) is 4.74 Å². The topological polar surface area (TPSA) is 35.2 Å². The average molecular weight is 115 g/mol. The number of hydrogen-bond acceptors (Lipinski definition) is 2. The lowest BCUT2D eigenvalue weighted by molar-refractivity contribution is 0.181. The van der Waals surface area contributed by atoms with Crippen molar-refractivity contribution in [2.45, 2.75) is 12.5 Å². The quantitative estimate of drug-likeness (QED) is 0.542. The molecule has 0 aromatic heterocycles. The normalized spacial score (nSPS) is 13.2. The Morgan fingerprint density at radius 1 is 1.88 bits per heavy atom. The van der Waals surface area contributed by atoms with Crippen LogP contribution in [-0.4, -0.2) is 19.8 Å². The Morgan fingerprint density at radius 2 is 2.50 bits per heavy atom. The largest absolute Gasteiger partial charge is 0.383 e. The maximum Gasteiger partial charge on any atom is 0.0616 e. The van der Waals surface area contributed by atoms with E-state index in [9.17, 15) is 0 Å². The zero-order valence-corrected chi connectivity index (χ0v) is 5.26. The van der Waals surface area contributed by atoms with Gasteiger partial charge in [-0.15, -0.1) is 6.58 Å². The van der Waals surface area contributed by atoms with E-state index in [0.29, 0.717) is 6.61 Å². The molecule has 0 bridgehead atoms. The van der Waals surface area contributed by atoms with Gasteiger partial charge in [-0.1, -0.05) is 6.08 Å². The van der Waals surface area contributed by atoms with Gasteiger partial charge < -0.3 is 10.5 Å². The zero-order chi connectivity index (χ0) is 6.41. The lowest BCUT2D eigenvalue weighted by Gasteiger charge is -2.04. The minimum Gasteiger partial charge on any atom is -0.383 e. The molecule has 0 rings (SSSR count). The number of rotatable bonds is 4. The molecule has 8 heavy (non-hydrogen) atoms. The molecule has 0 aliphatic heterocycles. The van der Waals surface area contributed by atoms with Gasteiger partial charge in [0.2, 0.25) is 0 Å². The molecule has 0 aromatic rings. The third kappa shape index (κ3) is 3.84. The van der Waals surface area contributed by atoms with Gasteiger partial charge in [-0.25, -0.2) is 0 Å². The third-order valence-electron chi connectivity index (χ3n) is 0.850. The maximum atomic E-state index is 5.50. The first kappa shape index (κ1) is 7.66. The van der Waals surface area contributed by atoms with Gasteiger partial charge in [0, 0.05) is 13.2 Å². The van der Waals surface area contributed by atoms with Crippen molar-refractivity contribution in [1.82, 2.24) is 0 Å². The number of nitrogens with two attached hydrogens (primary N) is 1. The Kier molecular flexibility index (Phi) is 4.61. The van der Waals surface area contributed by atoms with E-state index in [2.05, 4.69) is 6.58 Å². The van der Waals surface area contributed by atoms with Crippen LogP contribution in [0.4, 0.5) is 0 Å². The van der Waals surface area contributed by atoms with Gasteiger partial charge in [-0.2, -0.15) is 0 Å². The first-order chi connectivity index (χ1) is 3.81. The van der Waals surface area contributed by atoms with Crippen molar-refractivity contribution in [1.29, 1.82) is 0 Å². The highest BCUT2D eigenvalue weighted by atomic mass is 16.5. The van der Waals surface area contributed by atoms with Crippen LogP contribution in [0.5, 0.6) is 0 Å². The van der Waals surface area contributed by atoms with E-state index in [1.807, 2.05) is 0 Å². The molecule has 0 unspecified atom stereocenters. The molecule has 48 valence electrons. The van der Waals surface area contributed by atoms with E-state index in [1.54, 1.807) is 13.2 Å². The Bertz CT molecular complexity index is 63.5. The van der Waals surface area contributed by atoms with Crippen LogP contribution < -0.4 is 5.73 Å². The first-order valence-electron chi connectivity index (χ1n) is 2.66. The van der Waals surface area contributed by atoms with Gasteiger partial charge in [0.05, 0.1) is 6.61 Å². The summed E-state index contributed by atoms with van der Waals surface area (Å²) in [6, 6.07) is 0.123. The second-order valence-electron chi connectivity index (χ2n) is 1.74. The van der Waals surface area contributed by atoms with Crippen LogP contribution in [0.3, 0.4) is 0 Å². The SMILES string of the molecule is C=CC[C@H](N)COC. The summed E-state index contributed by atoms with van der Waals surface area (Å²) in [5, 5.41) is 0. The smallest absolute Gasteiger partial charge is 0.0616 e. The van der Waals surface area contributed by atoms with Crippen molar-refractivity contribution in [3.05, 3.63) is 12.7 Å². The van der Waals surface area contributed by atoms with Crippen molar-refractivity contribution < 1.29 is 4.74 Å². The molecule has 0 fully saturated rings. The van der Waals surface area contributed by atoms with Crippen molar-refractivity contribution in [2.75, 3.05) is 13.7 Å². The van der Waals surface area contributed by atoms with Gasteiger partial charge in [0.15, 0.2) is 0 Å².